The summed E-state index contributed by atoms with van der Waals surface area (Å²) >= 11 is 0. The predicted octanol–water partition coefficient (Wildman–Crippen LogP) is 3.16. The van der Waals surface area contributed by atoms with Crippen LogP contribution in [0.2, 0.25) is 0 Å². The number of amides is 1. The van der Waals surface area contributed by atoms with Crippen LogP contribution in [0.5, 0.6) is 17.2 Å². The number of hydrogen-bond acceptors (Lipinski definition) is 8. The van der Waals surface area contributed by atoms with E-state index in [9.17, 15) is 4.79 Å². The van der Waals surface area contributed by atoms with E-state index in [-0.39, 0.29) is 5.91 Å². The van der Waals surface area contributed by atoms with Gasteiger partial charge in [-0.05, 0) is 29.8 Å². The molecule has 2 N–H and O–H groups in total. The molecule has 9 nitrogen and oxygen atoms in total. The van der Waals surface area contributed by atoms with Gasteiger partial charge < -0.3 is 29.7 Å². The number of aromatic nitrogens is 2. The Morgan fingerprint density at radius 2 is 1.74 bits per heavy atom. The van der Waals surface area contributed by atoms with Crippen LogP contribution in [0.1, 0.15) is 5.56 Å². The van der Waals surface area contributed by atoms with E-state index >= 15 is 0 Å². The molecule has 0 bridgehead atoms. The third-order valence-corrected chi connectivity index (χ3v) is 5.76. The average molecular weight is 476 g/mol. The number of rotatable bonds is 8. The Hall–Kier alpha value is -4.27. The molecule has 0 spiro atoms. The second kappa shape index (κ2) is 10.8. The van der Waals surface area contributed by atoms with Gasteiger partial charge in [0.1, 0.15) is 18.2 Å². The summed E-state index contributed by atoms with van der Waals surface area (Å²) in [4.78, 5) is 25.7. The number of ether oxygens (including phenoxy) is 3. The second-order valence-electron chi connectivity index (χ2n) is 7.95. The highest BCUT2D eigenvalue weighted by Gasteiger charge is 2.22. The van der Waals surface area contributed by atoms with Crippen molar-refractivity contribution in [3.63, 3.8) is 0 Å². The van der Waals surface area contributed by atoms with Crippen LogP contribution < -0.4 is 24.8 Å². The minimum absolute atomic E-state index is 0.0348. The minimum atomic E-state index is -0.0348. The average Bonchev–Trinajstić information content (AvgIpc) is 2.90. The van der Waals surface area contributed by atoms with Crippen molar-refractivity contribution in [2.24, 2.45) is 0 Å². The number of carbonyl (C=O) groups is 1. The van der Waals surface area contributed by atoms with Gasteiger partial charge in [0.25, 0.3) is 0 Å². The highest BCUT2D eigenvalue weighted by Crippen LogP contribution is 2.34. The molecule has 0 saturated carbocycles. The zero-order chi connectivity index (χ0) is 24.8. The lowest BCUT2D eigenvalue weighted by molar-refractivity contribution is -0.126. The van der Waals surface area contributed by atoms with Gasteiger partial charge in [0, 0.05) is 43.7 Å². The van der Waals surface area contributed by atoms with Gasteiger partial charge in [-0.15, -0.1) is 0 Å². The molecule has 0 aliphatic carbocycles. The summed E-state index contributed by atoms with van der Waals surface area (Å²) < 4.78 is 16.2. The molecule has 0 atom stereocenters. The van der Waals surface area contributed by atoms with Gasteiger partial charge in [-0.2, -0.15) is 4.98 Å². The van der Waals surface area contributed by atoms with E-state index in [1.807, 2.05) is 34.1 Å². The summed E-state index contributed by atoms with van der Waals surface area (Å²) in [7, 11) is 3.15. The molecule has 3 aromatic rings. The lowest BCUT2D eigenvalue weighted by Gasteiger charge is -2.34. The van der Waals surface area contributed by atoms with E-state index in [1.165, 1.54) is 0 Å². The molecule has 1 fully saturated rings. The maximum Gasteiger partial charge on any atom is 0.246 e. The third-order valence-electron chi connectivity index (χ3n) is 5.76. The molecule has 0 radical (unpaired) electrons. The maximum absolute atomic E-state index is 12.7. The Morgan fingerprint density at radius 1 is 1.06 bits per heavy atom. The van der Waals surface area contributed by atoms with Crippen molar-refractivity contribution in [1.29, 1.82) is 0 Å². The van der Waals surface area contributed by atoms with Crippen molar-refractivity contribution < 1.29 is 19.0 Å². The van der Waals surface area contributed by atoms with E-state index in [1.54, 1.807) is 44.6 Å². The van der Waals surface area contributed by atoms with E-state index in [4.69, 9.17) is 19.9 Å². The molecular formula is C26H29N5O4. The summed E-state index contributed by atoms with van der Waals surface area (Å²) in [6.45, 7) is 6.42. The summed E-state index contributed by atoms with van der Waals surface area (Å²) in [5.74, 6) is 2.77. The lowest BCUT2D eigenvalue weighted by Crippen LogP contribution is -2.48. The molecule has 1 aliphatic rings. The monoisotopic (exact) mass is 475 g/mol. The lowest BCUT2D eigenvalue weighted by atomic mass is 10.2. The van der Waals surface area contributed by atoms with Crippen molar-refractivity contribution >= 4 is 34.7 Å². The number of fused-ring (bicyclic) bond motifs is 1. The van der Waals surface area contributed by atoms with Crippen molar-refractivity contribution in [2.45, 2.75) is 0 Å². The fraction of sp³-hybridized carbons (Fsp3) is 0.269. The van der Waals surface area contributed by atoms with Crippen LogP contribution in [0.15, 0.2) is 55.1 Å². The molecule has 1 saturated heterocycles. The molecule has 2 heterocycles. The summed E-state index contributed by atoms with van der Waals surface area (Å²) in [5, 5.41) is 0.700. The van der Waals surface area contributed by atoms with Gasteiger partial charge in [-0.3, -0.25) is 4.79 Å². The van der Waals surface area contributed by atoms with Crippen LogP contribution in [0.25, 0.3) is 17.0 Å². The fourth-order valence-electron chi connectivity index (χ4n) is 3.84. The van der Waals surface area contributed by atoms with Gasteiger partial charge in [-0.1, -0.05) is 24.8 Å². The molecule has 2 aromatic carbocycles. The van der Waals surface area contributed by atoms with E-state index in [0.29, 0.717) is 67.0 Å². The fourth-order valence-corrected chi connectivity index (χ4v) is 3.84. The van der Waals surface area contributed by atoms with E-state index < -0.39 is 0 Å². The number of nitrogens with zero attached hydrogens (tertiary/aromatic N) is 4. The predicted molar refractivity (Wildman–Crippen MR) is 137 cm³/mol. The van der Waals surface area contributed by atoms with Crippen LogP contribution in [-0.4, -0.2) is 67.8 Å². The van der Waals surface area contributed by atoms with Gasteiger partial charge in [-0.25, -0.2) is 4.98 Å². The molecule has 0 unspecified atom stereocenters. The van der Waals surface area contributed by atoms with Crippen LogP contribution in [0.3, 0.4) is 0 Å². The van der Waals surface area contributed by atoms with Gasteiger partial charge >= 0.3 is 0 Å². The van der Waals surface area contributed by atoms with Crippen molar-refractivity contribution in [3.05, 3.63) is 60.7 Å². The number of nitrogens with two attached hydrogens (primary N) is 1. The number of methoxy groups -OCH3 is 2. The van der Waals surface area contributed by atoms with Crippen LogP contribution in [-0.2, 0) is 4.79 Å². The summed E-state index contributed by atoms with van der Waals surface area (Å²) in [5.41, 5.74) is 7.82. The first-order chi connectivity index (χ1) is 17.0. The van der Waals surface area contributed by atoms with Crippen LogP contribution in [0, 0.1) is 0 Å². The number of nitrogen functional groups attached to an aromatic ring is 1. The molecule has 9 heteroatoms. The first kappa shape index (κ1) is 23.9. The molecule has 182 valence electrons. The van der Waals surface area contributed by atoms with Gasteiger partial charge in [0.2, 0.25) is 11.9 Å². The van der Waals surface area contributed by atoms with Crippen LogP contribution >= 0.6 is 0 Å². The third kappa shape index (κ3) is 5.46. The Kier molecular flexibility index (Phi) is 7.35. The highest BCUT2D eigenvalue weighted by molar-refractivity contribution is 5.93. The maximum atomic E-state index is 12.7. The van der Waals surface area contributed by atoms with Crippen molar-refractivity contribution in [1.82, 2.24) is 14.9 Å². The topological polar surface area (TPSA) is 103 Å². The summed E-state index contributed by atoms with van der Waals surface area (Å²) in [6.07, 6.45) is 5.10. The van der Waals surface area contributed by atoms with Crippen molar-refractivity contribution in [2.75, 3.05) is 57.6 Å². The smallest absolute Gasteiger partial charge is 0.246 e. The summed E-state index contributed by atoms with van der Waals surface area (Å²) in [6, 6.07) is 11.1. The molecule has 1 aliphatic heterocycles. The second-order valence-corrected chi connectivity index (χ2v) is 7.95. The molecule has 1 aromatic heterocycles. The van der Waals surface area contributed by atoms with E-state index in [0.717, 1.165) is 11.3 Å². The Balaban J connectivity index is 1.39. The molecular weight excluding hydrogens is 446 g/mol. The first-order valence-electron chi connectivity index (χ1n) is 11.3. The number of carbonyl (C=O) groups excluding carboxylic acids is 1. The minimum Gasteiger partial charge on any atom is -0.493 e. The van der Waals surface area contributed by atoms with Gasteiger partial charge in [0.05, 0.1) is 19.7 Å². The quantitative estimate of drug-likeness (QED) is 0.392. The molecule has 35 heavy (non-hydrogen) atoms. The normalized spacial score (nSPS) is 13.8. The standard InChI is InChI=1S/C26H29N5O4/c1-4-15-35-19-8-5-18(6-9-19)7-10-24(32)30-11-13-31(14-12-30)26-28-21-17-23(34-3)22(33-2)16-20(21)25(27)29-26/h4-10,16-17H,1,11-15H2,2-3H3,(H2,27,28,29)/b10-7+. The van der Waals surface area contributed by atoms with E-state index in [2.05, 4.69) is 16.5 Å². The molecule has 1 amide bonds. The largest absolute Gasteiger partial charge is 0.493 e. The number of hydrogen-bond donors (Lipinski definition) is 1. The molecule has 4 rings (SSSR count). The Bertz CT molecular complexity index is 1230. The van der Waals surface area contributed by atoms with Crippen LogP contribution in [0.4, 0.5) is 11.8 Å². The Morgan fingerprint density at radius 3 is 2.40 bits per heavy atom. The Labute approximate surface area is 204 Å². The highest BCUT2D eigenvalue weighted by atomic mass is 16.5. The van der Waals surface area contributed by atoms with Crippen molar-refractivity contribution in [3.8, 4) is 17.2 Å². The number of piperazine rings is 1. The van der Waals surface area contributed by atoms with Gasteiger partial charge in [0.15, 0.2) is 11.5 Å². The SMILES string of the molecule is C=CCOc1ccc(/C=C/C(=O)N2CCN(c3nc(N)c4cc(OC)c(OC)cc4n3)CC2)cc1. The number of benzene rings is 2. The zero-order valence-electron chi connectivity index (χ0n) is 19.9. The zero-order valence-corrected chi connectivity index (χ0v) is 19.9. The number of anilines is 2. The first-order valence-corrected chi connectivity index (χ1v) is 11.3.